The quantitative estimate of drug-likeness (QED) is 0.441. The summed E-state index contributed by atoms with van der Waals surface area (Å²) in [6, 6.07) is 16.6. The van der Waals surface area contributed by atoms with Crippen LogP contribution in [0.2, 0.25) is 0 Å². The van der Waals surface area contributed by atoms with Gasteiger partial charge in [-0.1, -0.05) is 42.5 Å². The maximum atomic E-state index is 12.7. The maximum absolute atomic E-state index is 12.7. The van der Waals surface area contributed by atoms with Crippen LogP contribution in [0.4, 0.5) is 5.69 Å². The van der Waals surface area contributed by atoms with Crippen molar-refractivity contribution in [1.29, 1.82) is 0 Å². The number of nitrogens with zero attached hydrogens (tertiary/aromatic N) is 3. The van der Waals surface area contributed by atoms with Crippen LogP contribution in [0.25, 0.3) is 10.8 Å². The predicted molar refractivity (Wildman–Crippen MR) is 101 cm³/mol. The number of hydrogen-bond donors (Lipinski definition) is 3. The molecule has 1 aromatic heterocycles. The van der Waals surface area contributed by atoms with E-state index in [2.05, 4.69) is 25.3 Å². The van der Waals surface area contributed by atoms with Gasteiger partial charge < -0.3 is 5.11 Å². The molecule has 27 heavy (non-hydrogen) atoms. The third-order valence-corrected chi connectivity index (χ3v) is 6.07. The number of anilines is 1. The van der Waals surface area contributed by atoms with Crippen LogP contribution in [0.3, 0.4) is 0 Å². The second kappa shape index (κ2) is 6.89. The van der Waals surface area contributed by atoms with E-state index in [1.165, 1.54) is 12.1 Å². The van der Waals surface area contributed by atoms with Crippen molar-refractivity contribution < 1.29 is 13.5 Å². The van der Waals surface area contributed by atoms with Crippen LogP contribution >= 0.6 is 11.8 Å². The monoisotopic (exact) mass is 399 g/mol. The first-order valence-corrected chi connectivity index (χ1v) is 10.1. The van der Waals surface area contributed by atoms with Crippen molar-refractivity contribution in [3.05, 3.63) is 60.7 Å². The third-order valence-electron chi connectivity index (χ3n) is 3.81. The smallest absolute Gasteiger partial charge is 0.261 e. The maximum Gasteiger partial charge on any atom is 0.261 e. The molecule has 1 heterocycles. The van der Waals surface area contributed by atoms with Crippen LogP contribution in [-0.2, 0) is 10.0 Å². The second-order valence-electron chi connectivity index (χ2n) is 5.53. The molecule has 0 radical (unpaired) electrons. The number of rotatable bonds is 5. The lowest BCUT2D eigenvalue weighted by Crippen LogP contribution is -2.13. The van der Waals surface area contributed by atoms with Gasteiger partial charge in [-0.25, -0.2) is 8.42 Å². The van der Waals surface area contributed by atoms with Gasteiger partial charge in [0.15, 0.2) is 0 Å². The lowest BCUT2D eigenvalue weighted by molar-refractivity contribution is 0.469. The van der Waals surface area contributed by atoms with Crippen LogP contribution in [0.15, 0.2) is 75.6 Å². The molecule has 0 aliphatic heterocycles. The van der Waals surface area contributed by atoms with Crippen LogP contribution < -0.4 is 4.72 Å². The number of aromatic nitrogens is 4. The number of fused-ring (bicyclic) bond motifs is 1. The highest BCUT2D eigenvalue weighted by Gasteiger charge is 2.19. The van der Waals surface area contributed by atoms with Gasteiger partial charge in [0.2, 0.25) is 5.16 Å². The lowest BCUT2D eigenvalue weighted by atomic mass is 10.1. The van der Waals surface area contributed by atoms with Crippen LogP contribution in [-0.4, -0.2) is 34.1 Å². The Morgan fingerprint density at radius 2 is 1.70 bits per heavy atom. The summed E-state index contributed by atoms with van der Waals surface area (Å²) in [6.07, 6.45) is 0. The van der Waals surface area contributed by atoms with Crippen LogP contribution in [0.5, 0.6) is 5.75 Å². The summed E-state index contributed by atoms with van der Waals surface area (Å²) in [6.45, 7) is 0. The van der Waals surface area contributed by atoms with Crippen molar-refractivity contribution in [1.82, 2.24) is 20.6 Å². The highest BCUT2D eigenvalue weighted by molar-refractivity contribution is 7.99. The lowest BCUT2D eigenvalue weighted by Gasteiger charge is -2.14. The van der Waals surface area contributed by atoms with Gasteiger partial charge in [0, 0.05) is 10.8 Å². The summed E-state index contributed by atoms with van der Waals surface area (Å²) in [5, 5.41) is 25.5. The van der Waals surface area contributed by atoms with E-state index in [9.17, 15) is 13.5 Å². The number of phenols is 1. The minimum atomic E-state index is -3.79. The highest BCUT2D eigenvalue weighted by Crippen LogP contribution is 2.41. The molecule has 0 amide bonds. The number of tetrazole rings is 1. The summed E-state index contributed by atoms with van der Waals surface area (Å²) in [4.78, 5) is 0.551. The third kappa shape index (κ3) is 3.44. The summed E-state index contributed by atoms with van der Waals surface area (Å²) < 4.78 is 28.1. The molecule has 0 atom stereocenters. The molecule has 8 nitrogen and oxygen atoms in total. The zero-order valence-electron chi connectivity index (χ0n) is 13.7. The Morgan fingerprint density at radius 3 is 2.41 bits per heavy atom. The Labute approximate surface area is 158 Å². The molecule has 4 rings (SSSR count). The van der Waals surface area contributed by atoms with E-state index in [0.29, 0.717) is 26.5 Å². The topological polar surface area (TPSA) is 121 Å². The fourth-order valence-electron chi connectivity index (χ4n) is 2.59. The number of benzene rings is 3. The minimum absolute atomic E-state index is 0.0167. The first kappa shape index (κ1) is 17.3. The Hall–Kier alpha value is -3.11. The molecule has 0 aliphatic rings. The van der Waals surface area contributed by atoms with E-state index in [1.54, 1.807) is 48.5 Å². The minimum Gasteiger partial charge on any atom is -0.506 e. The van der Waals surface area contributed by atoms with Crippen molar-refractivity contribution in [2.45, 2.75) is 14.9 Å². The van der Waals surface area contributed by atoms with Gasteiger partial charge in [-0.15, -0.1) is 10.2 Å². The number of H-pyrrole nitrogens is 1. The van der Waals surface area contributed by atoms with Gasteiger partial charge in [0.05, 0.1) is 15.5 Å². The molecular weight excluding hydrogens is 386 g/mol. The van der Waals surface area contributed by atoms with Gasteiger partial charge in [-0.05, 0) is 35.2 Å². The summed E-state index contributed by atoms with van der Waals surface area (Å²) in [5.74, 6) is 0.0167. The van der Waals surface area contributed by atoms with E-state index in [0.717, 1.165) is 11.8 Å². The zero-order valence-corrected chi connectivity index (χ0v) is 15.3. The van der Waals surface area contributed by atoms with Crippen molar-refractivity contribution >= 4 is 38.2 Å². The zero-order chi connectivity index (χ0) is 18.9. The van der Waals surface area contributed by atoms with Gasteiger partial charge in [-0.2, -0.15) is 5.21 Å². The summed E-state index contributed by atoms with van der Waals surface area (Å²) >= 11 is 1.07. The fourth-order valence-corrected chi connectivity index (χ4v) is 4.43. The molecule has 0 saturated carbocycles. The fraction of sp³-hybridized carbons (Fsp3) is 0. The highest BCUT2D eigenvalue weighted by atomic mass is 32.2. The normalized spacial score (nSPS) is 11.6. The summed E-state index contributed by atoms with van der Waals surface area (Å²) in [7, 11) is -3.79. The molecule has 0 spiro atoms. The van der Waals surface area contributed by atoms with Crippen molar-refractivity contribution in [3.8, 4) is 5.75 Å². The molecule has 0 bridgehead atoms. The Kier molecular flexibility index (Phi) is 4.42. The van der Waals surface area contributed by atoms with E-state index >= 15 is 0 Å². The van der Waals surface area contributed by atoms with E-state index in [-0.39, 0.29) is 10.6 Å². The summed E-state index contributed by atoms with van der Waals surface area (Å²) in [5.41, 5.74) is 0.346. The average molecular weight is 399 g/mol. The van der Waals surface area contributed by atoms with E-state index in [1.807, 2.05) is 0 Å². The molecule has 10 heteroatoms. The predicted octanol–water partition coefficient (Wildman–Crippen LogP) is 3.01. The van der Waals surface area contributed by atoms with E-state index in [4.69, 9.17) is 0 Å². The molecule has 3 aromatic carbocycles. The van der Waals surface area contributed by atoms with E-state index < -0.39 is 10.0 Å². The first-order valence-electron chi connectivity index (χ1n) is 7.78. The number of aromatic amines is 1. The molecule has 3 N–H and O–H groups in total. The molecule has 136 valence electrons. The van der Waals surface area contributed by atoms with Gasteiger partial charge >= 0.3 is 0 Å². The Bertz CT molecular complexity index is 1200. The largest absolute Gasteiger partial charge is 0.506 e. The number of hydrogen-bond acceptors (Lipinski definition) is 7. The Balaban J connectivity index is 1.83. The number of nitrogens with one attached hydrogen (secondary N) is 2. The van der Waals surface area contributed by atoms with Crippen molar-refractivity contribution in [2.24, 2.45) is 0 Å². The standard InChI is InChI=1S/C17H13N5O3S2/c23-16-13-9-5-4-8-12(13)14(10-15(16)26-17-18-21-22-19-17)20-27(24,25)11-6-2-1-3-7-11/h1-10,20,23H,(H,18,19,21,22). The van der Waals surface area contributed by atoms with Gasteiger partial charge in [0.25, 0.3) is 10.0 Å². The number of phenolic OH excluding ortho intramolecular Hbond substituents is 1. The Morgan fingerprint density at radius 1 is 1.00 bits per heavy atom. The van der Waals surface area contributed by atoms with Gasteiger partial charge in [-0.3, -0.25) is 4.72 Å². The first-order chi connectivity index (χ1) is 13.0. The molecular formula is C17H13N5O3S2. The molecule has 0 aliphatic carbocycles. The van der Waals surface area contributed by atoms with Crippen LogP contribution in [0, 0.1) is 0 Å². The molecule has 0 unspecified atom stereocenters. The van der Waals surface area contributed by atoms with Crippen molar-refractivity contribution in [2.75, 3.05) is 4.72 Å². The second-order valence-corrected chi connectivity index (χ2v) is 8.22. The number of sulfonamides is 1. The SMILES string of the molecule is O=S(=O)(Nc1cc(Sc2nn[nH]n2)c(O)c2ccccc12)c1ccccc1. The molecule has 0 saturated heterocycles. The molecule has 0 fully saturated rings. The molecule has 4 aromatic rings. The van der Waals surface area contributed by atoms with Gasteiger partial charge in [0.1, 0.15) is 5.75 Å². The average Bonchev–Trinajstić information content (AvgIpc) is 3.19. The number of aromatic hydroxyl groups is 1. The van der Waals surface area contributed by atoms with Crippen LogP contribution in [0.1, 0.15) is 0 Å². The van der Waals surface area contributed by atoms with Crippen molar-refractivity contribution in [3.63, 3.8) is 0 Å².